The molecule has 0 spiro atoms. The number of phenols is 1. The molecule has 0 unspecified atom stereocenters. The number of anilines is 2. The molecule has 11 heteroatoms. The van der Waals surface area contributed by atoms with E-state index in [0.29, 0.717) is 47.5 Å². The van der Waals surface area contributed by atoms with E-state index >= 15 is 0 Å². The van der Waals surface area contributed by atoms with Crippen LogP contribution in [0.3, 0.4) is 0 Å². The number of ether oxygens (including phenoxy) is 1. The zero-order valence-corrected chi connectivity index (χ0v) is 21.7. The summed E-state index contributed by atoms with van der Waals surface area (Å²) in [5.74, 6) is -0.570. The van der Waals surface area contributed by atoms with E-state index in [1.807, 2.05) is 38.1 Å². The average Bonchev–Trinajstić information content (AvgIpc) is 2.85. The summed E-state index contributed by atoms with van der Waals surface area (Å²) in [7, 11) is -3.89. The number of carboxylic acid groups (broad SMARTS) is 1. The number of thioether (sulfide) groups is 1. The van der Waals surface area contributed by atoms with Gasteiger partial charge < -0.3 is 19.8 Å². The van der Waals surface area contributed by atoms with Gasteiger partial charge in [-0.25, -0.2) is 0 Å². The molecule has 36 heavy (non-hydrogen) atoms. The first kappa shape index (κ1) is 25.9. The summed E-state index contributed by atoms with van der Waals surface area (Å²) in [5.41, 5.74) is 1.29. The maximum Gasteiger partial charge on any atom is 0.313 e. The second-order valence-electron chi connectivity index (χ2n) is 8.65. The largest absolute Gasteiger partial charge is 0.506 e. The van der Waals surface area contributed by atoms with Gasteiger partial charge in [0, 0.05) is 42.6 Å². The third-order valence-electron chi connectivity index (χ3n) is 5.72. The van der Waals surface area contributed by atoms with Crippen molar-refractivity contribution in [3.05, 3.63) is 54.6 Å². The van der Waals surface area contributed by atoms with Gasteiger partial charge in [-0.15, -0.1) is 11.8 Å². The predicted octanol–water partition coefficient (Wildman–Crippen LogP) is 3.99. The number of carbonyl (C=O) groups is 1. The molecule has 0 radical (unpaired) electrons. The van der Waals surface area contributed by atoms with Crippen LogP contribution in [0.2, 0.25) is 0 Å². The summed E-state index contributed by atoms with van der Waals surface area (Å²) in [6.07, 6.45) is 0.0923. The number of fused-ring (bicyclic) bond motifs is 1. The molecule has 4 rings (SSSR count). The number of piperazine rings is 1. The molecular formula is C25H29N3O6S2. The zero-order chi connectivity index (χ0) is 25.9. The summed E-state index contributed by atoms with van der Waals surface area (Å²) in [6, 6.07) is 16.1. The standard InChI is InChI=1S/C25H29N3O6S2/c1-17(2)34-19-9-7-18(8-10-19)27-11-13-28(14-12-27)36(32,33)26-22-15-23(35-16-24(29)30)25(31)21-6-4-3-5-20(21)22/h3-10,15,17,26,31H,11-14,16H2,1-2H3,(H,29,30). The normalized spacial score (nSPS) is 14.8. The highest BCUT2D eigenvalue weighted by molar-refractivity contribution is 8.00. The molecule has 1 aliphatic rings. The van der Waals surface area contributed by atoms with Crippen molar-refractivity contribution in [1.82, 2.24) is 4.31 Å². The Bertz CT molecular complexity index is 1340. The molecule has 192 valence electrons. The number of phenolic OH excluding ortho intramolecular Hbond substituents is 1. The van der Waals surface area contributed by atoms with Crippen LogP contribution in [-0.2, 0) is 15.0 Å². The lowest BCUT2D eigenvalue weighted by molar-refractivity contribution is -0.133. The van der Waals surface area contributed by atoms with E-state index in [-0.39, 0.29) is 17.6 Å². The summed E-state index contributed by atoms with van der Waals surface area (Å²) in [5, 5.41) is 20.6. The number of hydrogen-bond donors (Lipinski definition) is 3. The van der Waals surface area contributed by atoms with Crippen molar-refractivity contribution >= 4 is 50.1 Å². The highest BCUT2D eigenvalue weighted by Crippen LogP contribution is 2.40. The van der Waals surface area contributed by atoms with Crippen molar-refractivity contribution in [3.63, 3.8) is 0 Å². The van der Waals surface area contributed by atoms with E-state index in [1.165, 1.54) is 10.4 Å². The van der Waals surface area contributed by atoms with Crippen LogP contribution in [0.1, 0.15) is 13.8 Å². The van der Waals surface area contributed by atoms with Crippen molar-refractivity contribution in [1.29, 1.82) is 0 Å². The molecular weight excluding hydrogens is 502 g/mol. The van der Waals surface area contributed by atoms with E-state index in [2.05, 4.69) is 9.62 Å². The predicted molar refractivity (Wildman–Crippen MR) is 143 cm³/mol. The van der Waals surface area contributed by atoms with Crippen molar-refractivity contribution in [2.24, 2.45) is 0 Å². The topological polar surface area (TPSA) is 119 Å². The fourth-order valence-corrected chi connectivity index (χ4v) is 6.01. The first-order valence-corrected chi connectivity index (χ1v) is 14.0. The number of rotatable bonds is 9. The van der Waals surface area contributed by atoms with E-state index in [4.69, 9.17) is 9.84 Å². The maximum atomic E-state index is 13.3. The minimum absolute atomic E-state index is 0.0711. The molecule has 1 saturated heterocycles. The zero-order valence-electron chi connectivity index (χ0n) is 20.0. The molecule has 0 aliphatic carbocycles. The maximum absolute atomic E-state index is 13.3. The quantitative estimate of drug-likeness (QED) is 0.280. The number of aliphatic carboxylic acids is 1. The lowest BCUT2D eigenvalue weighted by Crippen LogP contribution is -2.50. The molecule has 3 aromatic carbocycles. The van der Waals surface area contributed by atoms with Gasteiger partial charge >= 0.3 is 16.2 Å². The number of benzene rings is 3. The van der Waals surface area contributed by atoms with Gasteiger partial charge in [0.15, 0.2) is 0 Å². The fourth-order valence-electron chi connectivity index (χ4n) is 4.07. The Balaban J connectivity index is 1.49. The molecule has 3 N–H and O–H groups in total. The summed E-state index contributed by atoms with van der Waals surface area (Å²) >= 11 is 0.934. The molecule has 1 aliphatic heterocycles. The van der Waals surface area contributed by atoms with E-state index in [0.717, 1.165) is 23.2 Å². The molecule has 1 fully saturated rings. The Morgan fingerprint density at radius 2 is 1.69 bits per heavy atom. The lowest BCUT2D eigenvalue weighted by atomic mass is 10.1. The van der Waals surface area contributed by atoms with E-state index in [9.17, 15) is 18.3 Å². The van der Waals surface area contributed by atoms with Crippen LogP contribution in [0, 0.1) is 0 Å². The Kier molecular flexibility index (Phi) is 7.82. The minimum atomic E-state index is -3.89. The van der Waals surface area contributed by atoms with Gasteiger partial charge in [0.2, 0.25) is 0 Å². The van der Waals surface area contributed by atoms with Gasteiger partial charge in [-0.1, -0.05) is 24.3 Å². The Morgan fingerprint density at radius 3 is 2.31 bits per heavy atom. The Morgan fingerprint density at radius 1 is 1.06 bits per heavy atom. The van der Waals surface area contributed by atoms with Crippen LogP contribution in [-0.4, -0.2) is 66.9 Å². The molecule has 1 heterocycles. The summed E-state index contributed by atoms with van der Waals surface area (Å²) < 4.78 is 36.3. The second-order valence-corrected chi connectivity index (χ2v) is 11.3. The monoisotopic (exact) mass is 531 g/mol. The number of nitrogens with one attached hydrogen (secondary N) is 1. The second kappa shape index (κ2) is 10.9. The summed E-state index contributed by atoms with van der Waals surface area (Å²) in [4.78, 5) is 13.4. The molecule has 0 atom stereocenters. The molecule has 0 amide bonds. The molecule has 0 bridgehead atoms. The van der Waals surface area contributed by atoms with E-state index < -0.39 is 16.2 Å². The molecule has 3 aromatic rings. The Labute approximate surface area is 214 Å². The first-order chi connectivity index (χ1) is 17.1. The highest BCUT2D eigenvalue weighted by atomic mass is 32.2. The van der Waals surface area contributed by atoms with Gasteiger partial charge in [0.05, 0.1) is 22.4 Å². The fraction of sp³-hybridized carbons (Fsp3) is 0.320. The van der Waals surface area contributed by atoms with Crippen molar-refractivity contribution in [2.75, 3.05) is 41.6 Å². The molecule has 0 aromatic heterocycles. The SMILES string of the molecule is CC(C)Oc1ccc(N2CCN(S(=O)(=O)Nc3cc(SCC(=O)O)c(O)c4ccccc34)CC2)cc1. The van der Waals surface area contributed by atoms with Crippen LogP contribution in [0.4, 0.5) is 11.4 Å². The number of aromatic hydroxyl groups is 1. The van der Waals surface area contributed by atoms with Crippen LogP contribution >= 0.6 is 11.8 Å². The van der Waals surface area contributed by atoms with Crippen molar-refractivity contribution < 1.29 is 28.2 Å². The lowest BCUT2D eigenvalue weighted by Gasteiger charge is -2.35. The third-order valence-corrected chi connectivity index (χ3v) is 8.26. The van der Waals surface area contributed by atoms with Gasteiger partial charge in [-0.3, -0.25) is 9.52 Å². The summed E-state index contributed by atoms with van der Waals surface area (Å²) in [6.45, 7) is 5.60. The minimum Gasteiger partial charge on any atom is -0.506 e. The van der Waals surface area contributed by atoms with Crippen molar-refractivity contribution in [3.8, 4) is 11.5 Å². The smallest absolute Gasteiger partial charge is 0.313 e. The Hall–Kier alpha value is -3.15. The van der Waals surface area contributed by atoms with Crippen LogP contribution in [0.5, 0.6) is 11.5 Å². The average molecular weight is 532 g/mol. The number of carboxylic acids is 1. The highest BCUT2D eigenvalue weighted by Gasteiger charge is 2.28. The molecule has 9 nitrogen and oxygen atoms in total. The number of nitrogens with zero attached hydrogens (tertiary/aromatic N) is 2. The van der Waals surface area contributed by atoms with Crippen LogP contribution in [0.15, 0.2) is 59.5 Å². The van der Waals surface area contributed by atoms with Gasteiger partial charge in [0.25, 0.3) is 0 Å². The van der Waals surface area contributed by atoms with Gasteiger partial charge in [0.1, 0.15) is 11.5 Å². The van der Waals surface area contributed by atoms with Crippen LogP contribution < -0.4 is 14.4 Å². The van der Waals surface area contributed by atoms with Crippen LogP contribution in [0.25, 0.3) is 10.8 Å². The van der Waals surface area contributed by atoms with Gasteiger partial charge in [-0.2, -0.15) is 12.7 Å². The first-order valence-electron chi connectivity index (χ1n) is 11.5. The molecule has 0 saturated carbocycles. The van der Waals surface area contributed by atoms with E-state index in [1.54, 1.807) is 24.3 Å². The third kappa shape index (κ3) is 5.97. The van der Waals surface area contributed by atoms with Crippen molar-refractivity contribution in [2.45, 2.75) is 24.8 Å². The number of hydrogen-bond acceptors (Lipinski definition) is 7. The van der Waals surface area contributed by atoms with Gasteiger partial charge in [-0.05, 0) is 44.2 Å².